The average molecular weight is 306 g/mol. The zero-order valence-electron chi connectivity index (χ0n) is 10.6. The van der Waals surface area contributed by atoms with Crippen LogP contribution in [0.3, 0.4) is 0 Å². The Bertz CT molecular complexity index is 518. The van der Waals surface area contributed by atoms with E-state index in [1.807, 2.05) is 31.3 Å². The molecule has 0 saturated carbocycles. The maximum atomic E-state index is 4.56. The summed E-state index contributed by atoms with van der Waals surface area (Å²) in [7, 11) is 1.88. The summed E-state index contributed by atoms with van der Waals surface area (Å²) in [5, 5.41) is 3.08. The number of aryl methyl sites for hydroxylation is 1. The van der Waals surface area contributed by atoms with E-state index in [-0.39, 0.29) is 0 Å². The quantitative estimate of drug-likeness (QED) is 0.940. The lowest BCUT2D eigenvalue weighted by Gasteiger charge is -2.07. The van der Waals surface area contributed by atoms with E-state index in [1.165, 1.54) is 5.56 Å². The number of hydrogen-bond acceptors (Lipinski definition) is 3. The van der Waals surface area contributed by atoms with Gasteiger partial charge in [0.2, 0.25) is 0 Å². The van der Waals surface area contributed by atoms with E-state index >= 15 is 0 Å². The summed E-state index contributed by atoms with van der Waals surface area (Å²) >= 11 is 3.55. The number of benzene rings is 1. The van der Waals surface area contributed by atoms with Gasteiger partial charge >= 0.3 is 0 Å². The fraction of sp³-hybridized carbons (Fsp3) is 0.286. The molecule has 0 unspecified atom stereocenters. The van der Waals surface area contributed by atoms with Gasteiger partial charge in [-0.1, -0.05) is 41.1 Å². The number of anilines is 1. The van der Waals surface area contributed by atoms with E-state index in [0.29, 0.717) is 0 Å². The van der Waals surface area contributed by atoms with Crippen LogP contribution in [0.15, 0.2) is 34.8 Å². The Morgan fingerprint density at radius 1 is 1.22 bits per heavy atom. The molecule has 1 aromatic carbocycles. The van der Waals surface area contributed by atoms with Crippen LogP contribution in [-0.4, -0.2) is 17.0 Å². The zero-order chi connectivity index (χ0) is 13.0. The molecule has 1 N–H and O–H groups in total. The standard InChI is InChI=1S/C14H16BrN3/c1-3-11-9-13(16-2)18-14(17-11)8-10-6-4-5-7-12(10)15/h4-7,9H,3,8H2,1-2H3,(H,16,17,18). The van der Waals surface area contributed by atoms with Gasteiger partial charge in [0, 0.05) is 29.7 Å². The Labute approximate surface area is 116 Å². The third-order valence-electron chi connectivity index (χ3n) is 2.75. The second kappa shape index (κ2) is 5.96. The third kappa shape index (κ3) is 3.07. The first-order valence-electron chi connectivity index (χ1n) is 6.01. The van der Waals surface area contributed by atoms with Crippen molar-refractivity contribution in [3.8, 4) is 0 Å². The van der Waals surface area contributed by atoms with E-state index in [1.54, 1.807) is 0 Å². The molecule has 0 aliphatic carbocycles. The van der Waals surface area contributed by atoms with E-state index in [4.69, 9.17) is 0 Å². The van der Waals surface area contributed by atoms with Gasteiger partial charge in [-0.25, -0.2) is 9.97 Å². The molecule has 0 amide bonds. The van der Waals surface area contributed by atoms with Gasteiger partial charge in [-0.3, -0.25) is 0 Å². The van der Waals surface area contributed by atoms with Crippen LogP contribution in [0.25, 0.3) is 0 Å². The molecule has 4 heteroatoms. The van der Waals surface area contributed by atoms with Crippen LogP contribution in [0.4, 0.5) is 5.82 Å². The van der Waals surface area contributed by atoms with E-state index in [2.05, 4.69) is 44.2 Å². The van der Waals surface area contributed by atoms with Crippen LogP contribution >= 0.6 is 15.9 Å². The topological polar surface area (TPSA) is 37.8 Å². The molecule has 0 fully saturated rings. The molecule has 0 spiro atoms. The first-order chi connectivity index (χ1) is 8.72. The van der Waals surface area contributed by atoms with E-state index in [9.17, 15) is 0 Å². The number of hydrogen-bond donors (Lipinski definition) is 1. The van der Waals surface area contributed by atoms with Crippen molar-refractivity contribution in [2.24, 2.45) is 0 Å². The molecule has 0 radical (unpaired) electrons. The van der Waals surface area contributed by atoms with Crippen molar-refractivity contribution in [2.75, 3.05) is 12.4 Å². The highest BCUT2D eigenvalue weighted by Gasteiger charge is 2.06. The smallest absolute Gasteiger partial charge is 0.135 e. The van der Waals surface area contributed by atoms with Gasteiger partial charge in [-0.05, 0) is 18.1 Å². The van der Waals surface area contributed by atoms with Crippen molar-refractivity contribution in [3.63, 3.8) is 0 Å². The van der Waals surface area contributed by atoms with Crippen molar-refractivity contribution in [1.82, 2.24) is 9.97 Å². The summed E-state index contributed by atoms with van der Waals surface area (Å²) in [6.07, 6.45) is 1.66. The lowest BCUT2D eigenvalue weighted by Crippen LogP contribution is -2.04. The van der Waals surface area contributed by atoms with Crippen LogP contribution in [0, 0.1) is 0 Å². The summed E-state index contributed by atoms with van der Waals surface area (Å²) < 4.78 is 1.10. The minimum atomic E-state index is 0.740. The molecular weight excluding hydrogens is 290 g/mol. The van der Waals surface area contributed by atoms with Crippen LogP contribution in [0.2, 0.25) is 0 Å². The predicted octanol–water partition coefficient (Wildman–Crippen LogP) is 3.43. The maximum absolute atomic E-state index is 4.56. The molecular formula is C14H16BrN3. The van der Waals surface area contributed by atoms with E-state index in [0.717, 1.165) is 34.7 Å². The number of rotatable bonds is 4. The predicted molar refractivity (Wildman–Crippen MR) is 77.9 cm³/mol. The molecule has 0 aliphatic heterocycles. The highest BCUT2D eigenvalue weighted by molar-refractivity contribution is 9.10. The SMILES string of the molecule is CCc1cc(NC)nc(Cc2ccccc2Br)n1. The largest absolute Gasteiger partial charge is 0.373 e. The van der Waals surface area contributed by atoms with Crippen molar-refractivity contribution in [1.29, 1.82) is 0 Å². The summed E-state index contributed by atoms with van der Waals surface area (Å²) in [5.41, 5.74) is 2.27. The van der Waals surface area contributed by atoms with Crippen molar-refractivity contribution >= 4 is 21.7 Å². The normalized spacial score (nSPS) is 10.4. The summed E-state index contributed by atoms with van der Waals surface area (Å²) in [5.74, 6) is 1.73. The van der Waals surface area contributed by atoms with Crippen molar-refractivity contribution in [2.45, 2.75) is 19.8 Å². The third-order valence-corrected chi connectivity index (χ3v) is 3.52. The summed E-state index contributed by atoms with van der Waals surface area (Å²) in [6.45, 7) is 2.10. The Balaban J connectivity index is 2.31. The zero-order valence-corrected chi connectivity index (χ0v) is 12.2. The second-order valence-corrected chi connectivity index (χ2v) is 4.89. The molecule has 94 valence electrons. The molecule has 0 saturated heterocycles. The molecule has 18 heavy (non-hydrogen) atoms. The molecule has 2 aromatic rings. The van der Waals surface area contributed by atoms with Crippen LogP contribution in [0.5, 0.6) is 0 Å². The van der Waals surface area contributed by atoms with Crippen molar-refractivity contribution in [3.05, 3.63) is 51.9 Å². The van der Waals surface area contributed by atoms with Gasteiger partial charge in [-0.15, -0.1) is 0 Å². The monoisotopic (exact) mass is 305 g/mol. The molecule has 1 aromatic heterocycles. The van der Waals surface area contributed by atoms with Gasteiger partial charge in [-0.2, -0.15) is 0 Å². The fourth-order valence-electron chi connectivity index (χ4n) is 1.75. The van der Waals surface area contributed by atoms with Gasteiger partial charge < -0.3 is 5.32 Å². The lowest BCUT2D eigenvalue weighted by atomic mass is 10.1. The number of aromatic nitrogens is 2. The van der Waals surface area contributed by atoms with Crippen LogP contribution < -0.4 is 5.32 Å². The van der Waals surface area contributed by atoms with Crippen LogP contribution in [0.1, 0.15) is 24.0 Å². The first kappa shape index (κ1) is 13.0. The van der Waals surface area contributed by atoms with E-state index < -0.39 is 0 Å². The molecule has 0 bridgehead atoms. The van der Waals surface area contributed by atoms with Crippen LogP contribution in [-0.2, 0) is 12.8 Å². The number of halogens is 1. The lowest BCUT2D eigenvalue weighted by molar-refractivity contribution is 0.906. The highest BCUT2D eigenvalue weighted by atomic mass is 79.9. The number of nitrogens with one attached hydrogen (secondary N) is 1. The Hall–Kier alpha value is -1.42. The maximum Gasteiger partial charge on any atom is 0.135 e. The second-order valence-electron chi connectivity index (χ2n) is 4.03. The highest BCUT2D eigenvalue weighted by Crippen LogP contribution is 2.19. The fourth-order valence-corrected chi connectivity index (χ4v) is 2.18. The minimum absolute atomic E-state index is 0.740. The molecule has 0 aliphatic rings. The number of nitrogens with zero attached hydrogens (tertiary/aromatic N) is 2. The van der Waals surface area contributed by atoms with Gasteiger partial charge in [0.15, 0.2) is 0 Å². The Morgan fingerprint density at radius 2 is 2.00 bits per heavy atom. The minimum Gasteiger partial charge on any atom is -0.373 e. The Morgan fingerprint density at radius 3 is 2.67 bits per heavy atom. The first-order valence-corrected chi connectivity index (χ1v) is 6.80. The molecule has 3 nitrogen and oxygen atoms in total. The van der Waals surface area contributed by atoms with Gasteiger partial charge in [0.1, 0.15) is 11.6 Å². The summed E-state index contributed by atoms with van der Waals surface area (Å²) in [6, 6.07) is 10.2. The Kier molecular flexibility index (Phi) is 4.31. The average Bonchev–Trinajstić information content (AvgIpc) is 2.41. The summed E-state index contributed by atoms with van der Waals surface area (Å²) in [4.78, 5) is 9.06. The molecule has 1 heterocycles. The van der Waals surface area contributed by atoms with Crippen molar-refractivity contribution < 1.29 is 0 Å². The van der Waals surface area contributed by atoms with Gasteiger partial charge in [0.05, 0.1) is 0 Å². The van der Waals surface area contributed by atoms with Gasteiger partial charge in [0.25, 0.3) is 0 Å². The molecule has 2 rings (SSSR count). The molecule has 0 atom stereocenters.